The van der Waals surface area contributed by atoms with Crippen molar-refractivity contribution >= 4 is 29.1 Å². The van der Waals surface area contributed by atoms with Crippen molar-refractivity contribution in [2.24, 2.45) is 11.8 Å². The smallest absolute Gasteiger partial charge is 0.256 e. The van der Waals surface area contributed by atoms with Crippen molar-refractivity contribution < 1.29 is 14.4 Å². The molecule has 2 saturated carbocycles. The first-order valence-electron chi connectivity index (χ1n) is 13.9. The van der Waals surface area contributed by atoms with Gasteiger partial charge in [-0.2, -0.15) is 0 Å². The maximum atomic E-state index is 13.6. The molecule has 1 N–H and O–H groups in total. The van der Waals surface area contributed by atoms with Crippen LogP contribution in [-0.2, 0) is 9.59 Å². The number of anilines is 2. The minimum atomic E-state index is 0.0566. The molecule has 2 aliphatic carbocycles. The van der Waals surface area contributed by atoms with Gasteiger partial charge >= 0.3 is 0 Å². The third-order valence-corrected chi connectivity index (χ3v) is 8.50. The van der Waals surface area contributed by atoms with E-state index in [1.54, 1.807) is 0 Å². The zero-order chi connectivity index (χ0) is 24.2. The second-order valence-electron chi connectivity index (χ2n) is 10.8. The molecular formula is C28H40N4O3. The summed E-state index contributed by atoms with van der Waals surface area (Å²) in [5, 5.41) is 3.08. The number of likely N-dealkylation sites (tertiary alicyclic amines) is 1. The van der Waals surface area contributed by atoms with Crippen LogP contribution in [0.4, 0.5) is 11.4 Å². The largest absolute Gasteiger partial charge is 0.367 e. The minimum Gasteiger partial charge on any atom is -0.367 e. The van der Waals surface area contributed by atoms with Crippen LogP contribution < -0.4 is 10.2 Å². The highest BCUT2D eigenvalue weighted by Gasteiger charge is 2.31. The van der Waals surface area contributed by atoms with Crippen molar-refractivity contribution in [2.45, 2.75) is 70.6 Å². The number of benzene rings is 1. The van der Waals surface area contributed by atoms with E-state index in [0.717, 1.165) is 83.2 Å². The summed E-state index contributed by atoms with van der Waals surface area (Å²) in [6.45, 7) is 4.44. The molecular weight excluding hydrogens is 440 g/mol. The molecule has 0 atom stereocenters. The number of rotatable bonds is 5. The Morgan fingerprint density at radius 2 is 1.31 bits per heavy atom. The van der Waals surface area contributed by atoms with Gasteiger partial charge in [0.2, 0.25) is 11.8 Å². The molecule has 2 aliphatic heterocycles. The van der Waals surface area contributed by atoms with Gasteiger partial charge in [0.05, 0.1) is 5.56 Å². The van der Waals surface area contributed by atoms with Crippen molar-refractivity contribution in [1.29, 1.82) is 0 Å². The van der Waals surface area contributed by atoms with Crippen LogP contribution in [0.1, 0.15) is 81.0 Å². The van der Waals surface area contributed by atoms with E-state index in [4.69, 9.17) is 0 Å². The van der Waals surface area contributed by atoms with E-state index in [0.29, 0.717) is 30.2 Å². The van der Waals surface area contributed by atoms with Crippen LogP contribution in [0.2, 0.25) is 0 Å². The number of hydrogen-bond acceptors (Lipinski definition) is 4. The van der Waals surface area contributed by atoms with E-state index in [1.807, 2.05) is 28.0 Å². The number of piperidine rings is 1. The van der Waals surface area contributed by atoms with Crippen LogP contribution in [0.15, 0.2) is 18.2 Å². The monoisotopic (exact) mass is 480 g/mol. The van der Waals surface area contributed by atoms with Crippen molar-refractivity contribution in [3.8, 4) is 0 Å². The maximum absolute atomic E-state index is 13.6. The minimum absolute atomic E-state index is 0.0566. The van der Waals surface area contributed by atoms with Crippen molar-refractivity contribution in [1.82, 2.24) is 9.80 Å². The summed E-state index contributed by atoms with van der Waals surface area (Å²) in [4.78, 5) is 45.5. The number of piperazine rings is 1. The lowest BCUT2D eigenvalue weighted by Gasteiger charge is -2.38. The molecule has 2 saturated heterocycles. The number of amides is 3. The Labute approximate surface area is 209 Å². The average Bonchev–Trinajstić information content (AvgIpc) is 3.64. The van der Waals surface area contributed by atoms with Gasteiger partial charge in [0, 0.05) is 62.5 Å². The molecule has 7 heteroatoms. The predicted octanol–water partition coefficient (Wildman–Crippen LogP) is 4.28. The van der Waals surface area contributed by atoms with Gasteiger partial charge in [-0.25, -0.2) is 0 Å². The Morgan fingerprint density at radius 3 is 1.97 bits per heavy atom. The fourth-order valence-electron chi connectivity index (χ4n) is 6.36. The van der Waals surface area contributed by atoms with Crippen molar-refractivity contribution in [2.75, 3.05) is 49.5 Å². The van der Waals surface area contributed by atoms with E-state index < -0.39 is 0 Å². The highest BCUT2D eigenvalue weighted by Crippen LogP contribution is 2.31. The molecule has 1 aromatic carbocycles. The van der Waals surface area contributed by atoms with E-state index >= 15 is 0 Å². The summed E-state index contributed by atoms with van der Waals surface area (Å²) < 4.78 is 0. The lowest BCUT2D eigenvalue weighted by Crippen LogP contribution is -2.50. The Hall–Kier alpha value is -2.57. The summed E-state index contributed by atoms with van der Waals surface area (Å²) in [6.07, 6.45) is 11.8. The Kier molecular flexibility index (Phi) is 7.59. The number of nitrogens with one attached hydrogen (secondary N) is 1. The van der Waals surface area contributed by atoms with E-state index in [9.17, 15) is 14.4 Å². The number of nitrogens with zero attached hydrogens (tertiary/aromatic N) is 3. The fraction of sp³-hybridized carbons (Fsp3) is 0.679. The Morgan fingerprint density at radius 1 is 0.686 bits per heavy atom. The molecule has 0 aromatic heterocycles. The van der Waals surface area contributed by atoms with Crippen LogP contribution in [0.5, 0.6) is 0 Å². The molecule has 0 unspecified atom stereocenters. The molecule has 0 radical (unpaired) electrons. The topological polar surface area (TPSA) is 73.0 Å². The standard InChI is InChI=1S/C28H40N4O3/c33-26(21-8-2-3-9-21)29-23-12-13-25(24(20-23)28(35)31-14-6-1-7-15-31)30-16-18-32(19-17-30)27(34)22-10-4-5-11-22/h12-13,20-22H,1-11,14-19H2,(H,29,33). The second-order valence-corrected chi connectivity index (χ2v) is 10.8. The second kappa shape index (κ2) is 11.0. The molecule has 0 spiro atoms. The number of carbonyl (C=O) groups excluding carboxylic acids is 3. The first-order valence-corrected chi connectivity index (χ1v) is 13.9. The lowest BCUT2D eigenvalue weighted by atomic mass is 10.0. The van der Waals surface area contributed by atoms with Crippen LogP contribution in [0, 0.1) is 11.8 Å². The summed E-state index contributed by atoms with van der Waals surface area (Å²) in [5.74, 6) is 0.741. The lowest BCUT2D eigenvalue weighted by molar-refractivity contribution is -0.135. The van der Waals surface area contributed by atoms with E-state index in [1.165, 1.54) is 19.3 Å². The van der Waals surface area contributed by atoms with Crippen LogP contribution in [-0.4, -0.2) is 66.8 Å². The summed E-state index contributed by atoms with van der Waals surface area (Å²) in [7, 11) is 0. The fourth-order valence-corrected chi connectivity index (χ4v) is 6.36. The SMILES string of the molecule is O=C(Nc1ccc(N2CCN(C(=O)C3CCCC3)CC2)c(C(=O)N2CCCCC2)c1)C1CCCC1. The number of hydrogen-bond donors (Lipinski definition) is 1. The number of carbonyl (C=O) groups is 3. The summed E-state index contributed by atoms with van der Waals surface area (Å²) >= 11 is 0. The van der Waals surface area contributed by atoms with E-state index in [2.05, 4.69) is 10.2 Å². The van der Waals surface area contributed by atoms with Gasteiger partial charge in [0.1, 0.15) is 0 Å². The Balaban J connectivity index is 1.32. The molecule has 1 aromatic rings. The van der Waals surface area contributed by atoms with Gasteiger partial charge in [0.25, 0.3) is 5.91 Å². The molecule has 2 heterocycles. The third-order valence-electron chi connectivity index (χ3n) is 8.50. The average molecular weight is 481 g/mol. The summed E-state index contributed by atoms with van der Waals surface area (Å²) in [5.41, 5.74) is 2.31. The normalized spacial score (nSPS) is 22.0. The quantitative estimate of drug-likeness (QED) is 0.683. The predicted molar refractivity (Wildman–Crippen MR) is 138 cm³/mol. The van der Waals surface area contributed by atoms with Gasteiger partial charge in [-0.3, -0.25) is 14.4 Å². The van der Waals surface area contributed by atoms with Gasteiger partial charge in [-0.05, 0) is 63.1 Å². The molecule has 5 rings (SSSR count). The van der Waals surface area contributed by atoms with Crippen LogP contribution >= 0.6 is 0 Å². The molecule has 4 fully saturated rings. The Bertz CT molecular complexity index is 922. The van der Waals surface area contributed by atoms with Gasteiger partial charge in [0.15, 0.2) is 0 Å². The molecule has 4 aliphatic rings. The molecule has 190 valence electrons. The van der Waals surface area contributed by atoms with Crippen LogP contribution in [0.25, 0.3) is 0 Å². The maximum Gasteiger partial charge on any atom is 0.256 e. The van der Waals surface area contributed by atoms with Gasteiger partial charge < -0.3 is 20.0 Å². The molecule has 7 nitrogen and oxygen atoms in total. The molecule has 35 heavy (non-hydrogen) atoms. The van der Waals surface area contributed by atoms with Gasteiger partial charge in [-0.15, -0.1) is 0 Å². The molecule has 3 amide bonds. The summed E-state index contributed by atoms with van der Waals surface area (Å²) in [6, 6.07) is 5.82. The van der Waals surface area contributed by atoms with Gasteiger partial charge in [-0.1, -0.05) is 25.7 Å². The first kappa shape index (κ1) is 24.1. The highest BCUT2D eigenvalue weighted by atomic mass is 16.2. The van der Waals surface area contributed by atoms with E-state index in [-0.39, 0.29) is 23.7 Å². The first-order chi connectivity index (χ1) is 17.1. The molecule has 0 bridgehead atoms. The third kappa shape index (κ3) is 5.49. The van der Waals surface area contributed by atoms with Crippen molar-refractivity contribution in [3.63, 3.8) is 0 Å². The van der Waals surface area contributed by atoms with Crippen LogP contribution in [0.3, 0.4) is 0 Å². The highest BCUT2D eigenvalue weighted by molar-refractivity contribution is 6.02. The zero-order valence-corrected chi connectivity index (χ0v) is 21.0. The zero-order valence-electron chi connectivity index (χ0n) is 21.0. The van der Waals surface area contributed by atoms with Crippen molar-refractivity contribution in [3.05, 3.63) is 23.8 Å².